The number of methoxy groups -OCH3 is 1. The van der Waals surface area contributed by atoms with Crippen LogP contribution in [0.15, 0.2) is 77.3 Å². The van der Waals surface area contributed by atoms with Crippen LogP contribution in [0.5, 0.6) is 17.2 Å². The molecule has 0 aliphatic rings. The van der Waals surface area contributed by atoms with Gasteiger partial charge in [-0.3, -0.25) is 0 Å². The summed E-state index contributed by atoms with van der Waals surface area (Å²) in [5.41, 5.74) is 2.94. The third kappa shape index (κ3) is 5.74. The molecule has 0 amide bonds. The topological polar surface area (TPSA) is 44.8 Å². The van der Waals surface area contributed by atoms with E-state index in [0.717, 1.165) is 23.1 Å². The SMILES string of the molecule is CCCOc1ccc(/C=C/C(=O)Oc2ccc(-c3ccccc3)cc2Br)cc1OC. The third-order valence-electron chi connectivity index (χ3n) is 4.31. The van der Waals surface area contributed by atoms with Gasteiger partial charge < -0.3 is 14.2 Å². The summed E-state index contributed by atoms with van der Waals surface area (Å²) in [7, 11) is 1.59. The number of hydrogen-bond acceptors (Lipinski definition) is 4. The van der Waals surface area contributed by atoms with Crippen LogP contribution in [0.25, 0.3) is 17.2 Å². The Morgan fingerprint density at radius 3 is 2.40 bits per heavy atom. The Hall–Kier alpha value is -3.05. The maximum Gasteiger partial charge on any atom is 0.336 e. The van der Waals surface area contributed by atoms with Crippen molar-refractivity contribution in [1.82, 2.24) is 0 Å². The van der Waals surface area contributed by atoms with E-state index in [1.807, 2.05) is 67.6 Å². The Morgan fingerprint density at radius 2 is 1.70 bits per heavy atom. The molecule has 4 nitrogen and oxygen atoms in total. The molecule has 30 heavy (non-hydrogen) atoms. The van der Waals surface area contributed by atoms with Crippen molar-refractivity contribution in [2.75, 3.05) is 13.7 Å². The summed E-state index contributed by atoms with van der Waals surface area (Å²) in [4.78, 5) is 12.3. The normalized spacial score (nSPS) is 10.8. The average molecular weight is 467 g/mol. The van der Waals surface area contributed by atoms with E-state index in [0.29, 0.717) is 28.3 Å². The van der Waals surface area contributed by atoms with Crippen molar-refractivity contribution in [3.8, 4) is 28.4 Å². The minimum absolute atomic E-state index is 0.463. The summed E-state index contributed by atoms with van der Waals surface area (Å²) >= 11 is 3.48. The standard InChI is InChI=1S/C25H23BrO4/c1-3-15-29-23-12-9-18(16-24(23)28-2)10-14-25(27)30-22-13-11-20(17-21(22)26)19-7-5-4-6-8-19/h4-14,16-17H,3,15H2,1-2H3/b14-10+. The number of carbonyl (C=O) groups is 1. The highest BCUT2D eigenvalue weighted by Gasteiger charge is 2.08. The molecule has 0 radical (unpaired) electrons. The summed E-state index contributed by atoms with van der Waals surface area (Å²) in [5.74, 6) is 1.30. The molecule has 0 aliphatic heterocycles. The second kappa shape index (κ2) is 10.6. The van der Waals surface area contributed by atoms with Gasteiger partial charge in [-0.25, -0.2) is 4.79 Å². The second-order valence-corrected chi connectivity index (χ2v) is 7.38. The van der Waals surface area contributed by atoms with Crippen LogP contribution >= 0.6 is 15.9 Å². The fourth-order valence-corrected chi connectivity index (χ4v) is 3.28. The number of halogens is 1. The smallest absolute Gasteiger partial charge is 0.336 e. The van der Waals surface area contributed by atoms with E-state index >= 15 is 0 Å². The minimum atomic E-state index is -0.464. The molecule has 0 heterocycles. The van der Waals surface area contributed by atoms with E-state index in [-0.39, 0.29) is 0 Å². The third-order valence-corrected chi connectivity index (χ3v) is 4.93. The van der Waals surface area contributed by atoms with Crippen molar-refractivity contribution < 1.29 is 19.0 Å². The number of carbonyl (C=O) groups excluding carboxylic acids is 1. The van der Waals surface area contributed by atoms with Crippen LogP contribution < -0.4 is 14.2 Å². The monoisotopic (exact) mass is 466 g/mol. The Labute approximate surface area is 185 Å². The quantitative estimate of drug-likeness (QED) is 0.215. The number of ether oxygens (including phenoxy) is 3. The van der Waals surface area contributed by atoms with Gasteiger partial charge in [0, 0.05) is 6.08 Å². The lowest BCUT2D eigenvalue weighted by molar-refractivity contribution is -0.128. The Morgan fingerprint density at radius 1 is 0.933 bits per heavy atom. The van der Waals surface area contributed by atoms with Crippen LogP contribution in [0.2, 0.25) is 0 Å². The number of hydrogen-bond donors (Lipinski definition) is 0. The number of rotatable bonds is 8. The molecular formula is C25H23BrO4. The zero-order valence-electron chi connectivity index (χ0n) is 16.9. The van der Waals surface area contributed by atoms with Crippen LogP contribution in [-0.4, -0.2) is 19.7 Å². The molecule has 5 heteroatoms. The van der Waals surface area contributed by atoms with Gasteiger partial charge in [0.2, 0.25) is 0 Å². The molecular weight excluding hydrogens is 444 g/mol. The van der Waals surface area contributed by atoms with Crippen molar-refractivity contribution in [2.24, 2.45) is 0 Å². The van der Waals surface area contributed by atoms with E-state index in [1.165, 1.54) is 6.08 Å². The highest BCUT2D eigenvalue weighted by molar-refractivity contribution is 9.10. The lowest BCUT2D eigenvalue weighted by atomic mass is 10.1. The Bertz CT molecular complexity index is 1030. The molecule has 3 aromatic carbocycles. The van der Waals surface area contributed by atoms with E-state index in [4.69, 9.17) is 14.2 Å². The highest BCUT2D eigenvalue weighted by Crippen LogP contribution is 2.31. The zero-order chi connectivity index (χ0) is 21.3. The van der Waals surface area contributed by atoms with Gasteiger partial charge in [-0.1, -0.05) is 49.4 Å². The summed E-state index contributed by atoms with van der Waals surface area (Å²) < 4.78 is 17.2. The highest BCUT2D eigenvalue weighted by atomic mass is 79.9. The zero-order valence-corrected chi connectivity index (χ0v) is 18.5. The van der Waals surface area contributed by atoms with Crippen molar-refractivity contribution >= 4 is 28.0 Å². The maximum atomic E-state index is 12.3. The van der Waals surface area contributed by atoms with Crippen molar-refractivity contribution in [2.45, 2.75) is 13.3 Å². The molecule has 0 spiro atoms. The predicted molar refractivity (Wildman–Crippen MR) is 123 cm³/mol. The molecule has 0 N–H and O–H groups in total. The van der Waals surface area contributed by atoms with Gasteiger partial charge in [-0.2, -0.15) is 0 Å². The molecule has 0 fully saturated rings. The van der Waals surface area contributed by atoms with Gasteiger partial charge in [-0.15, -0.1) is 0 Å². The average Bonchev–Trinajstić information content (AvgIpc) is 2.78. The van der Waals surface area contributed by atoms with Crippen LogP contribution in [0.1, 0.15) is 18.9 Å². The van der Waals surface area contributed by atoms with Crippen molar-refractivity contribution in [3.63, 3.8) is 0 Å². The van der Waals surface area contributed by atoms with E-state index in [9.17, 15) is 4.79 Å². The molecule has 0 atom stereocenters. The van der Waals surface area contributed by atoms with Crippen LogP contribution in [0.3, 0.4) is 0 Å². The fraction of sp³-hybridized carbons (Fsp3) is 0.160. The van der Waals surface area contributed by atoms with E-state index < -0.39 is 5.97 Å². The van der Waals surface area contributed by atoms with Gasteiger partial charge in [0.1, 0.15) is 5.75 Å². The lowest BCUT2D eigenvalue weighted by Gasteiger charge is -2.10. The molecule has 0 unspecified atom stereocenters. The van der Waals surface area contributed by atoms with Crippen LogP contribution in [-0.2, 0) is 4.79 Å². The van der Waals surface area contributed by atoms with Gasteiger partial charge in [-0.05, 0) is 69.4 Å². The first-order valence-electron chi connectivity index (χ1n) is 9.66. The van der Waals surface area contributed by atoms with Crippen LogP contribution in [0.4, 0.5) is 0 Å². The van der Waals surface area contributed by atoms with Gasteiger partial charge in [0.25, 0.3) is 0 Å². The minimum Gasteiger partial charge on any atom is -0.493 e. The van der Waals surface area contributed by atoms with Crippen LogP contribution in [0, 0.1) is 0 Å². The molecule has 0 aliphatic carbocycles. The number of esters is 1. The largest absolute Gasteiger partial charge is 0.493 e. The van der Waals surface area contributed by atoms with E-state index in [2.05, 4.69) is 15.9 Å². The first-order valence-corrected chi connectivity index (χ1v) is 10.5. The summed E-state index contributed by atoms with van der Waals surface area (Å²) in [6.45, 7) is 2.67. The van der Waals surface area contributed by atoms with Gasteiger partial charge >= 0.3 is 5.97 Å². The fourth-order valence-electron chi connectivity index (χ4n) is 2.82. The Balaban J connectivity index is 1.67. The van der Waals surface area contributed by atoms with Crippen molar-refractivity contribution in [1.29, 1.82) is 0 Å². The molecule has 154 valence electrons. The predicted octanol–water partition coefficient (Wildman–Crippen LogP) is 6.53. The molecule has 0 bridgehead atoms. The summed E-state index contributed by atoms with van der Waals surface area (Å²) in [6, 6.07) is 21.2. The molecule has 3 rings (SSSR count). The number of benzene rings is 3. The first kappa shape index (κ1) is 21.7. The maximum absolute atomic E-state index is 12.3. The van der Waals surface area contributed by atoms with Crippen molar-refractivity contribution in [3.05, 3.63) is 82.8 Å². The molecule has 0 saturated heterocycles. The molecule has 0 aromatic heterocycles. The van der Waals surface area contributed by atoms with Gasteiger partial charge in [0.15, 0.2) is 11.5 Å². The summed E-state index contributed by atoms with van der Waals surface area (Å²) in [6.07, 6.45) is 3.98. The second-order valence-electron chi connectivity index (χ2n) is 6.52. The lowest BCUT2D eigenvalue weighted by Crippen LogP contribution is -2.04. The first-order chi connectivity index (χ1) is 14.6. The molecule has 0 saturated carbocycles. The van der Waals surface area contributed by atoms with Gasteiger partial charge in [0.05, 0.1) is 18.2 Å². The van der Waals surface area contributed by atoms with E-state index in [1.54, 1.807) is 19.3 Å². The summed E-state index contributed by atoms with van der Waals surface area (Å²) in [5, 5.41) is 0. The molecule has 3 aromatic rings. The Kier molecular flexibility index (Phi) is 7.69.